The predicted molar refractivity (Wildman–Crippen MR) is 76.5 cm³/mol. The van der Waals surface area contributed by atoms with Crippen LogP contribution in [0.5, 0.6) is 5.75 Å². The highest BCUT2D eigenvalue weighted by atomic mass is 79.9. The number of rotatable bonds is 3. The number of nitrogens with zero attached hydrogens (tertiary/aromatic N) is 2. The van der Waals surface area contributed by atoms with Crippen molar-refractivity contribution < 1.29 is 13.9 Å². The zero-order valence-electron chi connectivity index (χ0n) is 10.2. The van der Waals surface area contributed by atoms with Crippen LogP contribution in [0.3, 0.4) is 0 Å². The Morgan fingerprint density at radius 3 is 2.75 bits per heavy atom. The molecule has 0 amide bonds. The highest BCUT2D eigenvalue weighted by molar-refractivity contribution is 9.10. The minimum atomic E-state index is -0.724. The first kappa shape index (κ1) is 14.7. The molecular formula is C12H8BrClFN3O2. The maximum absolute atomic E-state index is 14.3. The summed E-state index contributed by atoms with van der Waals surface area (Å²) in [5.41, 5.74) is 5.71. The summed E-state index contributed by atoms with van der Waals surface area (Å²) < 4.78 is 19.4. The van der Waals surface area contributed by atoms with Crippen molar-refractivity contribution in [3.05, 3.63) is 33.1 Å². The van der Waals surface area contributed by atoms with E-state index in [9.17, 15) is 9.18 Å². The first-order chi connectivity index (χ1) is 9.49. The van der Waals surface area contributed by atoms with Gasteiger partial charge in [0.25, 0.3) is 0 Å². The lowest BCUT2D eigenvalue weighted by atomic mass is 10.1. The largest absolute Gasteiger partial charge is 0.492 e. The molecule has 0 radical (unpaired) electrons. The van der Waals surface area contributed by atoms with Crippen LogP contribution in [0.25, 0.3) is 11.4 Å². The van der Waals surface area contributed by atoms with Crippen LogP contribution in [0.15, 0.2) is 16.6 Å². The Morgan fingerprint density at radius 2 is 2.15 bits per heavy atom. The fraction of sp³-hybridized carbons (Fsp3) is 0.0833. The van der Waals surface area contributed by atoms with E-state index in [2.05, 4.69) is 25.9 Å². The van der Waals surface area contributed by atoms with Crippen LogP contribution in [0.2, 0.25) is 5.02 Å². The number of hydrogen-bond acceptors (Lipinski definition) is 5. The Morgan fingerprint density at radius 1 is 1.45 bits per heavy atom. The monoisotopic (exact) mass is 359 g/mol. The average Bonchev–Trinajstić information content (AvgIpc) is 2.42. The molecule has 0 atom stereocenters. The molecule has 2 N–H and O–H groups in total. The first-order valence-corrected chi connectivity index (χ1v) is 6.47. The number of aldehydes is 1. The van der Waals surface area contributed by atoms with Crippen molar-refractivity contribution in [3.63, 3.8) is 0 Å². The van der Waals surface area contributed by atoms with Gasteiger partial charge < -0.3 is 10.5 Å². The van der Waals surface area contributed by atoms with Crippen molar-refractivity contribution in [2.24, 2.45) is 0 Å². The van der Waals surface area contributed by atoms with Gasteiger partial charge in [0.2, 0.25) is 0 Å². The number of nitrogen functional groups attached to an aromatic ring is 1. The summed E-state index contributed by atoms with van der Waals surface area (Å²) in [6.07, 6.45) is 0.497. The third-order valence-electron chi connectivity index (χ3n) is 2.51. The second-order valence-corrected chi connectivity index (χ2v) is 4.89. The number of carbonyl (C=O) groups excluding carboxylic acids is 1. The number of methoxy groups -OCH3 is 1. The van der Waals surface area contributed by atoms with Gasteiger partial charge in [-0.2, -0.15) is 0 Å². The van der Waals surface area contributed by atoms with Gasteiger partial charge in [-0.05, 0) is 28.1 Å². The molecular weight excluding hydrogens is 353 g/mol. The minimum Gasteiger partial charge on any atom is -0.492 e. The Hall–Kier alpha value is -1.73. The molecule has 0 aliphatic heterocycles. The lowest BCUT2D eigenvalue weighted by Gasteiger charge is -2.10. The average molecular weight is 361 g/mol. The summed E-state index contributed by atoms with van der Waals surface area (Å²) in [5.74, 6) is -0.842. The standard InChI is InChI=1S/C12H8BrClFN3O2/c1-20-10-6(14)3-2-5(9(10)15)12-17-7(4-19)8(13)11(16)18-12/h2-4H,1H3,(H2,16,17,18). The molecule has 5 nitrogen and oxygen atoms in total. The van der Waals surface area contributed by atoms with E-state index in [1.54, 1.807) is 0 Å². The highest BCUT2D eigenvalue weighted by Crippen LogP contribution is 2.34. The smallest absolute Gasteiger partial charge is 0.177 e. The molecule has 2 aromatic rings. The van der Waals surface area contributed by atoms with E-state index >= 15 is 0 Å². The molecule has 104 valence electrons. The Labute approximate surface area is 127 Å². The second kappa shape index (κ2) is 5.72. The molecule has 0 spiro atoms. The van der Waals surface area contributed by atoms with Crippen LogP contribution in [0, 0.1) is 5.82 Å². The molecule has 0 aliphatic carbocycles. The van der Waals surface area contributed by atoms with Gasteiger partial charge in [0, 0.05) is 0 Å². The topological polar surface area (TPSA) is 78.1 Å². The van der Waals surface area contributed by atoms with Crippen molar-refractivity contribution >= 4 is 39.6 Å². The van der Waals surface area contributed by atoms with Crippen LogP contribution in [-0.2, 0) is 0 Å². The highest BCUT2D eigenvalue weighted by Gasteiger charge is 2.18. The molecule has 0 bridgehead atoms. The lowest BCUT2D eigenvalue weighted by molar-refractivity contribution is 0.111. The van der Waals surface area contributed by atoms with E-state index in [-0.39, 0.29) is 38.1 Å². The van der Waals surface area contributed by atoms with Gasteiger partial charge in [-0.15, -0.1) is 0 Å². The third kappa shape index (κ3) is 2.46. The maximum atomic E-state index is 14.3. The summed E-state index contributed by atoms with van der Waals surface area (Å²) in [6, 6.07) is 2.83. The molecule has 0 unspecified atom stereocenters. The van der Waals surface area contributed by atoms with E-state index in [4.69, 9.17) is 22.1 Å². The molecule has 1 aromatic heterocycles. The normalized spacial score (nSPS) is 10.4. The van der Waals surface area contributed by atoms with E-state index in [1.165, 1.54) is 19.2 Å². The molecule has 8 heteroatoms. The van der Waals surface area contributed by atoms with Gasteiger partial charge in [-0.1, -0.05) is 11.6 Å². The molecule has 1 heterocycles. The fourth-order valence-electron chi connectivity index (χ4n) is 1.57. The Kier molecular flexibility index (Phi) is 4.20. The van der Waals surface area contributed by atoms with Gasteiger partial charge in [0.05, 0.1) is 22.2 Å². The quantitative estimate of drug-likeness (QED) is 0.851. The number of benzene rings is 1. The van der Waals surface area contributed by atoms with Crippen LogP contribution >= 0.6 is 27.5 Å². The molecule has 20 heavy (non-hydrogen) atoms. The number of nitrogens with two attached hydrogens (primary N) is 1. The minimum absolute atomic E-state index is 0.0275. The zero-order chi connectivity index (χ0) is 14.9. The van der Waals surface area contributed by atoms with Crippen molar-refractivity contribution in [3.8, 4) is 17.1 Å². The lowest BCUT2D eigenvalue weighted by Crippen LogP contribution is -2.03. The number of ether oxygens (including phenoxy) is 1. The van der Waals surface area contributed by atoms with Crippen LogP contribution in [-0.4, -0.2) is 23.4 Å². The van der Waals surface area contributed by atoms with Crippen LogP contribution < -0.4 is 10.5 Å². The number of hydrogen-bond donors (Lipinski definition) is 1. The second-order valence-electron chi connectivity index (χ2n) is 3.69. The third-order valence-corrected chi connectivity index (χ3v) is 3.62. The van der Waals surface area contributed by atoms with Gasteiger partial charge in [-0.3, -0.25) is 4.79 Å². The van der Waals surface area contributed by atoms with Crippen molar-refractivity contribution in [2.45, 2.75) is 0 Å². The van der Waals surface area contributed by atoms with Gasteiger partial charge in [-0.25, -0.2) is 14.4 Å². The first-order valence-electron chi connectivity index (χ1n) is 5.30. The van der Waals surface area contributed by atoms with Crippen molar-refractivity contribution in [2.75, 3.05) is 12.8 Å². The van der Waals surface area contributed by atoms with Crippen molar-refractivity contribution in [1.29, 1.82) is 0 Å². The Bertz CT molecular complexity index is 697. The number of halogens is 3. The number of aromatic nitrogens is 2. The summed E-state index contributed by atoms with van der Waals surface area (Å²) in [6.45, 7) is 0. The summed E-state index contributed by atoms with van der Waals surface area (Å²) in [7, 11) is 1.29. The van der Waals surface area contributed by atoms with Gasteiger partial charge in [0.1, 0.15) is 11.5 Å². The van der Waals surface area contributed by atoms with Crippen LogP contribution in [0.1, 0.15) is 10.5 Å². The summed E-state index contributed by atoms with van der Waals surface area (Å²) in [5, 5.41) is 0.120. The number of anilines is 1. The summed E-state index contributed by atoms with van der Waals surface area (Å²) in [4.78, 5) is 18.8. The van der Waals surface area contributed by atoms with Gasteiger partial charge >= 0.3 is 0 Å². The van der Waals surface area contributed by atoms with Crippen LogP contribution in [0.4, 0.5) is 10.2 Å². The fourth-order valence-corrected chi connectivity index (χ4v) is 2.07. The predicted octanol–water partition coefficient (Wildman–Crippen LogP) is 3.10. The summed E-state index contributed by atoms with van der Waals surface area (Å²) >= 11 is 8.89. The van der Waals surface area contributed by atoms with E-state index < -0.39 is 5.82 Å². The van der Waals surface area contributed by atoms with E-state index in [0.29, 0.717) is 6.29 Å². The Balaban J connectivity index is 2.69. The molecule has 0 fully saturated rings. The molecule has 0 saturated carbocycles. The molecule has 0 aliphatic rings. The zero-order valence-corrected chi connectivity index (χ0v) is 12.5. The van der Waals surface area contributed by atoms with Crippen molar-refractivity contribution in [1.82, 2.24) is 9.97 Å². The van der Waals surface area contributed by atoms with E-state index in [0.717, 1.165) is 0 Å². The molecule has 0 saturated heterocycles. The SMILES string of the molecule is COc1c(Cl)ccc(-c2nc(N)c(Br)c(C=O)n2)c1F. The molecule has 1 aromatic carbocycles. The maximum Gasteiger partial charge on any atom is 0.177 e. The number of carbonyl (C=O) groups is 1. The van der Waals surface area contributed by atoms with E-state index in [1.807, 2.05) is 0 Å². The molecule has 2 rings (SSSR count). The van der Waals surface area contributed by atoms with Gasteiger partial charge in [0.15, 0.2) is 23.7 Å².